The fourth-order valence-electron chi connectivity index (χ4n) is 3.48. The van der Waals surface area contributed by atoms with E-state index in [0.29, 0.717) is 44.8 Å². The molecule has 0 aliphatic carbocycles. The van der Waals surface area contributed by atoms with Gasteiger partial charge in [0, 0.05) is 23.0 Å². The number of aryl methyl sites for hydroxylation is 1. The van der Waals surface area contributed by atoms with Crippen molar-refractivity contribution < 1.29 is 13.9 Å². The first kappa shape index (κ1) is 18.5. The van der Waals surface area contributed by atoms with Crippen LogP contribution < -0.4 is 10.7 Å². The molecule has 0 saturated heterocycles. The minimum absolute atomic E-state index is 0.165. The summed E-state index contributed by atoms with van der Waals surface area (Å²) in [7, 11) is 0. The SMILES string of the molecule is CCOC(=O)C1=C(C)NC(C)=C(C#N)[C@H]1c1cccc2c(=O)cc(C)oc12. The maximum absolute atomic E-state index is 12.7. The number of benzene rings is 1. The summed E-state index contributed by atoms with van der Waals surface area (Å²) in [6.07, 6.45) is 0. The van der Waals surface area contributed by atoms with Gasteiger partial charge in [0.05, 0.1) is 35.1 Å². The zero-order valence-corrected chi connectivity index (χ0v) is 15.7. The Morgan fingerprint density at radius 2 is 2.04 bits per heavy atom. The number of dihydropyridines is 1. The molecule has 1 aliphatic heterocycles. The Balaban J connectivity index is 2.36. The number of carbonyl (C=O) groups excluding carboxylic acids is 1. The molecule has 0 saturated carbocycles. The van der Waals surface area contributed by atoms with Gasteiger partial charge in [-0.25, -0.2) is 4.79 Å². The van der Waals surface area contributed by atoms with Crippen molar-refractivity contribution in [2.75, 3.05) is 6.61 Å². The number of nitrogens with one attached hydrogen (secondary N) is 1. The summed E-state index contributed by atoms with van der Waals surface area (Å²) in [5.41, 5.74) is 2.80. The predicted molar refractivity (Wildman–Crippen MR) is 101 cm³/mol. The normalized spacial score (nSPS) is 16.9. The highest BCUT2D eigenvalue weighted by Gasteiger charge is 2.35. The molecule has 2 heterocycles. The van der Waals surface area contributed by atoms with Gasteiger partial charge in [-0.15, -0.1) is 0 Å². The van der Waals surface area contributed by atoms with E-state index >= 15 is 0 Å². The quantitative estimate of drug-likeness (QED) is 0.839. The molecule has 0 spiro atoms. The van der Waals surface area contributed by atoms with Crippen LogP contribution in [0.2, 0.25) is 0 Å². The molecule has 0 unspecified atom stereocenters. The van der Waals surface area contributed by atoms with Gasteiger partial charge in [-0.3, -0.25) is 4.79 Å². The second kappa shape index (κ2) is 7.12. The summed E-state index contributed by atoms with van der Waals surface area (Å²) in [5, 5.41) is 13.3. The fourth-order valence-corrected chi connectivity index (χ4v) is 3.48. The summed E-state index contributed by atoms with van der Waals surface area (Å²) in [4.78, 5) is 25.1. The van der Waals surface area contributed by atoms with Crippen LogP contribution in [0, 0.1) is 18.3 Å². The average Bonchev–Trinajstić information content (AvgIpc) is 2.60. The maximum atomic E-state index is 12.7. The molecular weight excluding hydrogens is 344 g/mol. The molecule has 1 atom stereocenters. The van der Waals surface area contributed by atoms with Crippen LogP contribution in [0.1, 0.15) is 38.0 Å². The number of nitriles is 1. The van der Waals surface area contributed by atoms with Crippen LogP contribution in [-0.4, -0.2) is 12.6 Å². The molecule has 6 heteroatoms. The molecule has 6 nitrogen and oxygen atoms in total. The number of hydrogen-bond acceptors (Lipinski definition) is 6. The number of fused-ring (bicyclic) bond motifs is 1. The Bertz CT molecular complexity index is 1100. The van der Waals surface area contributed by atoms with E-state index in [1.54, 1.807) is 45.9 Å². The van der Waals surface area contributed by atoms with E-state index in [9.17, 15) is 14.9 Å². The number of para-hydroxylation sites is 1. The molecule has 0 bridgehead atoms. The Morgan fingerprint density at radius 3 is 2.70 bits per heavy atom. The molecular formula is C21H20N2O4. The minimum Gasteiger partial charge on any atom is -0.463 e. The van der Waals surface area contributed by atoms with Gasteiger partial charge in [-0.2, -0.15) is 5.26 Å². The molecule has 1 aliphatic rings. The maximum Gasteiger partial charge on any atom is 0.336 e. The zero-order chi connectivity index (χ0) is 19.7. The number of hydrogen-bond donors (Lipinski definition) is 1. The van der Waals surface area contributed by atoms with Gasteiger partial charge in [0.15, 0.2) is 5.43 Å². The van der Waals surface area contributed by atoms with Crippen molar-refractivity contribution in [1.29, 1.82) is 5.26 Å². The number of rotatable bonds is 3. The molecule has 1 aromatic carbocycles. The molecule has 0 amide bonds. The second-order valence-electron chi connectivity index (χ2n) is 6.41. The average molecular weight is 364 g/mol. The Labute approximate surface area is 156 Å². The first-order valence-corrected chi connectivity index (χ1v) is 8.68. The van der Waals surface area contributed by atoms with E-state index in [2.05, 4.69) is 11.4 Å². The van der Waals surface area contributed by atoms with Gasteiger partial charge < -0.3 is 14.5 Å². The van der Waals surface area contributed by atoms with Gasteiger partial charge in [-0.05, 0) is 33.8 Å². The van der Waals surface area contributed by atoms with Crippen molar-refractivity contribution in [3.05, 3.63) is 68.4 Å². The van der Waals surface area contributed by atoms with Crippen LogP contribution in [0.5, 0.6) is 0 Å². The lowest BCUT2D eigenvalue weighted by atomic mass is 9.80. The van der Waals surface area contributed by atoms with Crippen molar-refractivity contribution in [3.63, 3.8) is 0 Å². The molecule has 3 rings (SSSR count). The third-order valence-electron chi connectivity index (χ3n) is 4.60. The number of nitrogens with zero attached hydrogens (tertiary/aromatic N) is 1. The fraction of sp³-hybridized carbons (Fsp3) is 0.286. The van der Waals surface area contributed by atoms with E-state index in [1.165, 1.54) is 6.07 Å². The summed E-state index contributed by atoms with van der Waals surface area (Å²) >= 11 is 0. The van der Waals surface area contributed by atoms with Crippen molar-refractivity contribution in [2.24, 2.45) is 0 Å². The smallest absolute Gasteiger partial charge is 0.336 e. The van der Waals surface area contributed by atoms with Crippen LogP contribution in [0.25, 0.3) is 11.0 Å². The topological polar surface area (TPSA) is 92.3 Å². The van der Waals surface area contributed by atoms with Crippen LogP contribution >= 0.6 is 0 Å². The first-order valence-electron chi connectivity index (χ1n) is 8.68. The Hall–Kier alpha value is -3.33. The van der Waals surface area contributed by atoms with Crippen LogP contribution in [-0.2, 0) is 9.53 Å². The number of allylic oxidation sites excluding steroid dienone is 3. The number of carbonyl (C=O) groups is 1. The highest BCUT2D eigenvalue weighted by atomic mass is 16.5. The monoisotopic (exact) mass is 364 g/mol. The van der Waals surface area contributed by atoms with Gasteiger partial charge >= 0.3 is 5.97 Å². The van der Waals surface area contributed by atoms with Crippen molar-refractivity contribution in [1.82, 2.24) is 5.32 Å². The van der Waals surface area contributed by atoms with Gasteiger partial charge in [0.2, 0.25) is 0 Å². The molecule has 1 aromatic heterocycles. The van der Waals surface area contributed by atoms with Crippen molar-refractivity contribution in [2.45, 2.75) is 33.6 Å². The van der Waals surface area contributed by atoms with Gasteiger partial charge in [0.1, 0.15) is 11.3 Å². The minimum atomic E-state index is -0.677. The lowest BCUT2D eigenvalue weighted by Gasteiger charge is -2.28. The molecule has 1 N–H and O–H groups in total. The van der Waals surface area contributed by atoms with E-state index < -0.39 is 11.9 Å². The molecule has 27 heavy (non-hydrogen) atoms. The lowest BCUT2D eigenvalue weighted by Crippen LogP contribution is -2.29. The van der Waals surface area contributed by atoms with E-state index in [4.69, 9.17) is 9.15 Å². The highest BCUT2D eigenvalue weighted by molar-refractivity contribution is 5.94. The summed E-state index contributed by atoms with van der Waals surface area (Å²) in [6.45, 7) is 7.19. The van der Waals surface area contributed by atoms with E-state index in [-0.39, 0.29) is 12.0 Å². The third kappa shape index (κ3) is 3.13. The number of esters is 1. The van der Waals surface area contributed by atoms with E-state index in [1.807, 2.05) is 0 Å². The first-order chi connectivity index (χ1) is 12.9. The predicted octanol–water partition coefficient (Wildman–Crippen LogP) is 3.42. The van der Waals surface area contributed by atoms with Crippen LogP contribution in [0.3, 0.4) is 0 Å². The summed E-state index contributed by atoms with van der Waals surface area (Å²) in [5.74, 6) is -0.713. The largest absolute Gasteiger partial charge is 0.463 e. The molecule has 0 radical (unpaired) electrons. The third-order valence-corrected chi connectivity index (χ3v) is 4.60. The van der Waals surface area contributed by atoms with Crippen molar-refractivity contribution in [3.8, 4) is 6.07 Å². The molecule has 0 fully saturated rings. The molecule has 2 aromatic rings. The standard InChI is InChI=1S/C21H20N2O4/c1-5-26-21(25)18-13(4)23-12(3)16(10-22)19(18)15-8-6-7-14-17(24)9-11(2)27-20(14)15/h6-9,19,23H,5H2,1-4H3/t19-/m1/s1. The zero-order valence-electron chi connectivity index (χ0n) is 15.7. The Kier molecular flexibility index (Phi) is 4.87. The van der Waals surface area contributed by atoms with Gasteiger partial charge in [-0.1, -0.05) is 12.1 Å². The highest BCUT2D eigenvalue weighted by Crippen LogP contribution is 2.40. The summed E-state index contributed by atoms with van der Waals surface area (Å²) < 4.78 is 11.1. The van der Waals surface area contributed by atoms with Crippen LogP contribution in [0.15, 0.2) is 56.0 Å². The lowest BCUT2D eigenvalue weighted by molar-refractivity contribution is -0.138. The number of ether oxygens (including phenoxy) is 1. The molecule has 138 valence electrons. The Morgan fingerprint density at radius 1 is 1.30 bits per heavy atom. The second-order valence-corrected chi connectivity index (χ2v) is 6.41. The van der Waals surface area contributed by atoms with Gasteiger partial charge in [0.25, 0.3) is 0 Å². The van der Waals surface area contributed by atoms with Crippen molar-refractivity contribution >= 4 is 16.9 Å². The summed E-state index contributed by atoms with van der Waals surface area (Å²) in [6, 6.07) is 8.81. The van der Waals surface area contributed by atoms with E-state index in [0.717, 1.165) is 0 Å². The van der Waals surface area contributed by atoms with Crippen LogP contribution in [0.4, 0.5) is 0 Å².